The highest BCUT2D eigenvalue weighted by atomic mass is 35.5. The Morgan fingerprint density at radius 3 is 2.25 bits per heavy atom. The van der Waals surface area contributed by atoms with Crippen molar-refractivity contribution in [3.05, 3.63) is 56.5 Å². The SMILES string of the molecule is O=c1cc(-c2cc(Cl)cc(Cl)c2)[nH]cc1F. The molecule has 2 rings (SSSR count). The Labute approximate surface area is 101 Å². The minimum absolute atomic E-state index is 0.452. The van der Waals surface area contributed by atoms with Crippen LogP contribution in [-0.2, 0) is 0 Å². The van der Waals surface area contributed by atoms with Crippen molar-refractivity contribution in [2.45, 2.75) is 0 Å². The standard InChI is InChI=1S/C11H6Cl2FNO/c12-7-1-6(2-8(13)3-7)10-4-11(16)9(14)5-15-10/h1-5H,(H,15,16). The summed E-state index contributed by atoms with van der Waals surface area (Å²) in [6, 6.07) is 6.01. The summed E-state index contributed by atoms with van der Waals surface area (Å²) in [5.74, 6) is -0.822. The molecule has 2 aromatic rings. The Morgan fingerprint density at radius 1 is 1.06 bits per heavy atom. The van der Waals surface area contributed by atoms with Gasteiger partial charge in [0.05, 0.1) is 0 Å². The molecule has 0 amide bonds. The van der Waals surface area contributed by atoms with Crippen LogP contribution in [0.4, 0.5) is 4.39 Å². The van der Waals surface area contributed by atoms with Crippen LogP contribution in [0.2, 0.25) is 10.0 Å². The van der Waals surface area contributed by atoms with Gasteiger partial charge in [0.25, 0.3) is 0 Å². The summed E-state index contributed by atoms with van der Waals surface area (Å²) in [6.45, 7) is 0. The van der Waals surface area contributed by atoms with Crippen molar-refractivity contribution in [1.29, 1.82) is 0 Å². The van der Waals surface area contributed by atoms with Gasteiger partial charge < -0.3 is 4.98 Å². The highest BCUT2D eigenvalue weighted by Gasteiger charge is 2.04. The van der Waals surface area contributed by atoms with Gasteiger partial charge >= 0.3 is 0 Å². The molecule has 0 aliphatic carbocycles. The second kappa shape index (κ2) is 4.28. The summed E-state index contributed by atoms with van der Waals surface area (Å²) in [5, 5.41) is 0.903. The van der Waals surface area contributed by atoms with Crippen LogP contribution < -0.4 is 5.43 Å². The number of nitrogens with one attached hydrogen (secondary N) is 1. The molecule has 82 valence electrons. The van der Waals surface area contributed by atoms with Gasteiger partial charge in [-0.1, -0.05) is 23.2 Å². The molecular weight excluding hydrogens is 252 g/mol. The molecule has 1 heterocycles. The quantitative estimate of drug-likeness (QED) is 0.834. The Kier molecular flexibility index (Phi) is 2.99. The lowest BCUT2D eigenvalue weighted by Gasteiger charge is -2.03. The first kappa shape index (κ1) is 11.2. The fraction of sp³-hybridized carbons (Fsp3) is 0. The first-order valence-electron chi connectivity index (χ1n) is 4.41. The molecule has 0 bridgehead atoms. The van der Waals surface area contributed by atoms with E-state index in [0.29, 0.717) is 21.3 Å². The van der Waals surface area contributed by atoms with E-state index in [2.05, 4.69) is 4.98 Å². The first-order chi connectivity index (χ1) is 7.56. The normalized spacial score (nSPS) is 10.4. The zero-order valence-electron chi connectivity index (χ0n) is 7.93. The van der Waals surface area contributed by atoms with Gasteiger partial charge in [0.15, 0.2) is 5.82 Å². The smallest absolute Gasteiger partial charge is 0.217 e. The molecule has 1 aromatic heterocycles. The van der Waals surface area contributed by atoms with E-state index in [1.54, 1.807) is 18.2 Å². The summed E-state index contributed by atoms with van der Waals surface area (Å²) < 4.78 is 12.8. The predicted molar refractivity (Wildman–Crippen MR) is 62.5 cm³/mol. The van der Waals surface area contributed by atoms with Gasteiger partial charge in [-0.15, -0.1) is 0 Å². The molecule has 0 radical (unpaired) electrons. The molecule has 1 N–H and O–H groups in total. The number of aromatic nitrogens is 1. The van der Waals surface area contributed by atoms with Crippen LogP contribution in [0, 0.1) is 5.82 Å². The number of rotatable bonds is 1. The third-order valence-electron chi connectivity index (χ3n) is 2.04. The molecular formula is C11H6Cl2FNO. The molecule has 5 heteroatoms. The van der Waals surface area contributed by atoms with E-state index in [1.165, 1.54) is 0 Å². The topological polar surface area (TPSA) is 32.9 Å². The van der Waals surface area contributed by atoms with E-state index in [0.717, 1.165) is 12.3 Å². The van der Waals surface area contributed by atoms with Gasteiger partial charge in [-0.25, -0.2) is 4.39 Å². The molecule has 0 atom stereocenters. The molecule has 0 saturated carbocycles. The van der Waals surface area contributed by atoms with Crippen molar-refractivity contribution in [1.82, 2.24) is 4.98 Å². The molecule has 0 unspecified atom stereocenters. The summed E-state index contributed by atoms with van der Waals surface area (Å²) in [6.07, 6.45) is 1.01. The van der Waals surface area contributed by atoms with Gasteiger partial charge in [0.2, 0.25) is 5.43 Å². The van der Waals surface area contributed by atoms with Gasteiger partial charge in [0, 0.05) is 33.6 Å². The van der Waals surface area contributed by atoms with E-state index in [4.69, 9.17) is 23.2 Å². The molecule has 16 heavy (non-hydrogen) atoms. The number of hydrogen-bond donors (Lipinski definition) is 1. The van der Waals surface area contributed by atoms with Crippen LogP contribution in [0.5, 0.6) is 0 Å². The van der Waals surface area contributed by atoms with Gasteiger partial charge in [-0.05, 0) is 18.2 Å². The lowest BCUT2D eigenvalue weighted by atomic mass is 10.1. The Balaban J connectivity index is 2.58. The van der Waals surface area contributed by atoms with Gasteiger partial charge in [0.1, 0.15) is 0 Å². The summed E-state index contributed by atoms with van der Waals surface area (Å²) in [4.78, 5) is 13.8. The number of H-pyrrole nitrogens is 1. The average molecular weight is 258 g/mol. The maximum Gasteiger partial charge on any atom is 0.217 e. The summed E-state index contributed by atoms with van der Waals surface area (Å²) >= 11 is 11.6. The minimum Gasteiger partial charge on any atom is -0.358 e. The van der Waals surface area contributed by atoms with Crippen molar-refractivity contribution >= 4 is 23.2 Å². The molecule has 0 aliphatic rings. The largest absolute Gasteiger partial charge is 0.358 e. The fourth-order valence-electron chi connectivity index (χ4n) is 1.33. The Hall–Kier alpha value is -1.32. The van der Waals surface area contributed by atoms with E-state index in [9.17, 15) is 9.18 Å². The molecule has 1 aromatic carbocycles. The van der Waals surface area contributed by atoms with E-state index < -0.39 is 11.2 Å². The fourth-order valence-corrected chi connectivity index (χ4v) is 1.86. The van der Waals surface area contributed by atoms with Crippen molar-refractivity contribution < 1.29 is 4.39 Å². The second-order valence-corrected chi connectivity index (χ2v) is 4.09. The van der Waals surface area contributed by atoms with Crippen molar-refractivity contribution in [3.63, 3.8) is 0 Å². The third-order valence-corrected chi connectivity index (χ3v) is 2.48. The van der Waals surface area contributed by atoms with E-state index in [-0.39, 0.29) is 0 Å². The molecule has 0 aliphatic heterocycles. The van der Waals surface area contributed by atoms with Crippen LogP contribution >= 0.6 is 23.2 Å². The van der Waals surface area contributed by atoms with Crippen molar-refractivity contribution in [2.24, 2.45) is 0 Å². The van der Waals surface area contributed by atoms with Crippen molar-refractivity contribution in [3.8, 4) is 11.3 Å². The van der Waals surface area contributed by atoms with Crippen LogP contribution in [0.25, 0.3) is 11.3 Å². The van der Waals surface area contributed by atoms with Crippen molar-refractivity contribution in [2.75, 3.05) is 0 Å². The second-order valence-electron chi connectivity index (χ2n) is 3.22. The number of aromatic amines is 1. The number of halogens is 3. The average Bonchev–Trinajstić information content (AvgIpc) is 2.20. The summed E-state index contributed by atoms with van der Waals surface area (Å²) in [7, 11) is 0. The number of pyridine rings is 1. The Morgan fingerprint density at radius 2 is 1.69 bits per heavy atom. The van der Waals surface area contributed by atoms with Crippen LogP contribution in [0.1, 0.15) is 0 Å². The highest BCUT2D eigenvalue weighted by Crippen LogP contribution is 2.25. The monoisotopic (exact) mass is 257 g/mol. The number of hydrogen-bond acceptors (Lipinski definition) is 1. The molecule has 2 nitrogen and oxygen atoms in total. The predicted octanol–water partition coefficient (Wildman–Crippen LogP) is 3.49. The summed E-state index contributed by atoms with van der Waals surface area (Å²) in [5.41, 5.74) is 0.426. The zero-order valence-corrected chi connectivity index (χ0v) is 9.44. The zero-order chi connectivity index (χ0) is 11.7. The highest BCUT2D eigenvalue weighted by molar-refractivity contribution is 6.35. The molecule has 0 spiro atoms. The van der Waals surface area contributed by atoms with Gasteiger partial charge in [-0.2, -0.15) is 0 Å². The lowest BCUT2D eigenvalue weighted by molar-refractivity contribution is 0.611. The van der Waals surface area contributed by atoms with Crippen LogP contribution in [0.15, 0.2) is 35.3 Å². The first-order valence-corrected chi connectivity index (χ1v) is 5.16. The van der Waals surface area contributed by atoms with E-state index in [1.807, 2.05) is 0 Å². The van der Waals surface area contributed by atoms with E-state index >= 15 is 0 Å². The molecule has 0 fully saturated rings. The van der Waals surface area contributed by atoms with Gasteiger partial charge in [-0.3, -0.25) is 4.79 Å². The van der Waals surface area contributed by atoms with Crippen LogP contribution in [-0.4, -0.2) is 4.98 Å². The number of benzene rings is 1. The van der Waals surface area contributed by atoms with Crippen LogP contribution in [0.3, 0.4) is 0 Å². The minimum atomic E-state index is -0.822. The maximum absolute atomic E-state index is 12.8. The maximum atomic E-state index is 12.8. The molecule has 0 saturated heterocycles. The lowest BCUT2D eigenvalue weighted by Crippen LogP contribution is -2.05. The Bertz CT molecular complexity index is 575. The third kappa shape index (κ3) is 2.26.